The molecule has 1 aliphatic heterocycles. The minimum atomic E-state index is -0.332. The minimum absolute atomic E-state index is 0.0116. The number of rotatable bonds is 5. The highest BCUT2D eigenvalue weighted by atomic mass is 16.5. The van der Waals surface area contributed by atoms with Gasteiger partial charge < -0.3 is 14.5 Å². The van der Waals surface area contributed by atoms with Gasteiger partial charge in [0.2, 0.25) is 5.91 Å². The number of hydrogen-bond donors (Lipinski definition) is 0. The Balaban J connectivity index is 1.62. The second-order valence-corrected chi connectivity index (χ2v) is 7.32. The van der Waals surface area contributed by atoms with Crippen LogP contribution >= 0.6 is 0 Å². The number of benzene rings is 3. The Kier molecular flexibility index (Phi) is 5.80. The van der Waals surface area contributed by atoms with Gasteiger partial charge in [-0.05, 0) is 36.4 Å². The second kappa shape index (κ2) is 8.82. The largest absolute Gasteiger partial charge is 0.492 e. The molecule has 3 aromatic carbocycles. The summed E-state index contributed by atoms with van der Waals surface area (Å²) in [6.45, 7) is 2.97. The van der Waals surface area contributed by atoms with Crippen LogP contribution in [-0.4, -0.2) is 31.5 Å². The second-order valence-electron chi connectivity index (χ2n) is 7.32. The molecule has 0 N–H and O–H groups in total. The van der Waals surface area contributed by atoms with Crippen LogP contribution in [0.15, 0.2) is 84.9 Å². The first-order chi connectivity index (χ1) is 14.6. The van der Waals surface area contributed by atoms with Crippen LogP contribution in [0.1, 0.15) is 17.3 Å². The summed E-state index contributed by atoms with van der Waals surface area (Å²) in [4.78, 5) is 29.9. The molecule has 2 amide bonds. The average molecular weight is 400 g/mol. The summed E-state index contributed by atoms with van der Waals surface area (Å²) in [6, 6.07) is 26.3. The molecule has 4 rings (SSSR count). The van der Waals surface area contributed by atoms with Gasteiger partial charge in [0.25, 0.3) is 5.91 Å². The van der Waals surface area contributed by atoms with Crippen LogP contribution in [0.4, 0.5) is 11.4 Å². The maximum atomic E-state index is 13.2. The smallest absolute Gasteiger partial charge is 0.258 e. The number of hydrogen-bond acceptors (Lipinski definition) is 3. The fourth-order valence-electron chi connectivity index (χ4n) is 3.69. The van der Waals surface area contributed by atoms with Crippen LogP contribution in [0.3, 0.4) is 0 Å². The molecule has 152 valence electrons. The van der Waals surface area contributed by atoms with Crippen molar-refractivity contribution >= 4 is 23.2 Å². The van der Waals surface area contributed by atoms with Crippen molar-refractivity contribution in [3.63, 3.8) is 0 Å². The van der Waals surface area contributed by atoms with E-state index in [0.29, 0.717) is 25.3 Å². The van der Waals surface area contributed by atoms with E-state index < -0.39 is 0 Å². The van der Waals surface area contributed by atoms with E-state index in [1.807, 2.05) is 79.7 Å². The molecular weight excluding hydrogens is 376 g/mol. The van der Waals surface area contributed by atoms with Gasteiger partial charge in [-0.15, -0.1) is 0 Å². The lowest BCUT2D eigenvalue weighted by Gasteiger charge is -2.25. The van der Waals surface area contributed by atoms with E-state index in [4.69, 9.17) is 4.74 Å². The van der Waals surface area contributed by atoms with Crippen molar-refractivity contribution in [3.05, 3.63) is 90.5 Å². The number of nitrogens with zero attached hydrogens (tertiary/aromatic N) is 2. The van der Waals surface area contributed by atoms with Gasteiger partial charge in [0.05, 0.1) is 23.8 Å². The molecule has 1 atom stereocenters. The number of ether oxygens (including phenoxy) is 1. The zero-order chi connectivity index (χ0) is 20.9. The standard InChI is InChI=1S/C25H24N2O3/c1-19-18-27(25(29)20-10-4-2-5-11-20)23-15-9-8-14-22(23)26(24(19)28)16-17-30-21-12-6-3-7-13-21/h2-15,19H,16-18H2,1H3. The summed E-state index contributed by atoms with van der Waals surface area (Å²) >= 11 is 0. The molecule has 1 unspecified atom stereocenters. The van der Waals surface area contributed by atoms with Crippen LogP contribution in [-0.2, 0) is 4.79 Å². The summed E-state index contributed by atoms with van der Waals surface area (Å²) < 4.78 is 5.82. The summed E-state index contributed by atoms with van der Waals surface area (Å²) in [7, 11) is 0. The molecule has 3 aromatic rings. The number of carbonyl (C=O) groups excluding carboxylic acids is 2. The molecule has 0 fully saturated rings. The Morgan fingerprint density at radius 3 is 2.20 bits per heavy atom. The van der Waals surface area contributed by atoms with Crippen molar-refractivity contribution in [2.45, 2.75) is 6.92 Å². The lowest BCUT2D eigenvalue weighted by molar-refractivity contribution is -0.121. The fourth-order valence-corrected chi connectivity index (χ4v) is 3.69. The van der Waals surface area contributed by atoms with Crippen molar-refractivity contribution < 1.29 is 14.3 Å². The van der Waals surface area contributed by atoms with Crippen LogP contribution < -0.4 is 14.5 Å². The van der Waals surface area contributed by atoms with Crippen molar-refractivity contribution in [1.29, 1.82) is 0 Å². The minimum Gasteiger partial charge on any atom is -0.492 e. The first-order valence-corrected chi connectivity index (χ1v) is 10.1. The van der Waals surface area contributed by atoms with Gasteiger partial charge in [0.15, 0.2) is 0 Å². The summed E-state index contributed by atoms with van der Waals surface area (Å²) in [5.41, 5.74) is 2.07. The lowest BCUT2D eigenvalue weighted by atomic mass is 10.1. The summed E-state index contributed by atoms with van der Waals surface area (Å²) in [6.07, 6.45) is 0. The van der Waals surface area contributed by atoms with Crippen LogP contribution in [0, 0.1) is 5.92 Å². The number of para-hydroxylation sites is 3. The zero-order valence-corrected chi connectivity index (χ0v) is 16.9. The van der Waals surface area contributed by atoms with Gasteiger partial charge in [0.1, 0.15) is 12.4 Å². The molecule has 0 aliphatic carbocycles. The predicted octanol–water partition coefficient (Wildman–Crippen LogP) is 4.40. The van der Waals surface area contributed by atoms with E-state index in [1.165, 1.54) is 0 Å². The Bertz CT molecular complexity index is 1020. The molecule has 30 heavy (non-hydrogen) atoms. The molecule has 1 heterocycles. The number of amides is 2. The first kappa shape index (κ1) is 19.7. The maximum absolute atomic E-state index is 13.2. The van der Waals surface area contributed by atoms with Crippen molar-refractivity contribution in [2.75, 3.05) is 29.5 Å². The van der Waals surface area contributed by atoms with E-state index in [-0.39, 0.29) is 17.7 Å². The van der Waals surface area contributed by atoms with Crippen LogP contribution in [0.25, 0.3) is 0 Å². The van der Waals surface area contributed by atoms with Crippen molar-refractivity contribution in [3.8, 4) is 5.75 Å². The topological polar surface area (TPSA) is 49.9 Å². The average Bonchev–Trinajstić information content (AvgIpc) is 2.90. The van der Waals surface area contributed by atoms with E-state index in [9.17, 15) is 9.59 Å². The van der Waals surface area contributed by atoms with E-state index in [2.05, 4.69) is 0 Å². The molecule has 0 radical (unpaired) electrons. The highest BCUT2D eigenvalue weighted by molar-refractivity contribution is 6.11. The third-order valence-electron chi connectivity index (χ3n) is 5.20. The summed E-state index contributed by atoms with van der Waals surface area (Å²) in [5, 5.41) is 0. The van der Waals surface area contributed by atoms with E-state index >= 15 is 0 Å². The Morgan fingerprint density at radius 1 is 0.900 bits per heavy atom. The predicted molar refractivity (Wildman–Crippen MR) is 118 cm³/mol. The maximum Gasteiger partial charge on any atom is 0.258 e. The molecule has 5 nitrogen and oxygen atoms in total. The molecular formula is C25H24N2O3. The van der Waals surface area contributed by atoms with Gasteiger partial charge in [-0.2, -0.15) is 0 Å². The third kappa shape index (κ3) is 4.06. The Morgan fingerprint density at radius 2 is 1.50 bits per heavy atom. The van der Waals surface area contributed by atoms with Crippen LogP contribution in [0.5, 0.6) is 5.75 Å². The van der Waals surface area contributed by atoms with Gasteiger partial charge in [-0.25, -0.2) is 0 Å². The SMILES string of the molecule is CC1CN(C(=O)c2ccccc2)c2ccccc2N(CCOc2ccccc2)C1=O. The molecule has 0 saturated carbocycles. The van der Waals surface area contributed by atoms with Crippen molar-refractivity contribution in [2.24, 2.45) is 5.92 Å². The monoisotopic (exact) mass is 400 g/mol. The quantitative estimate of drug-likeness (QED) is 0.638. The van der Waals surface area contributed by atoms with Crippen molar-refractivity contribution in [1.82, 2.24) is 0 Å². The van der Waals surface area contributed by atoms with Gasteiger partial charge in [-0.1, -0.05) is 55.5 Å². The normalized spacial score (nSPS) is 16.0. The molecule has 0 spiro atoms. The Hall–Kier alpha value is -3.60. The van der Waals surface area contributed by atoms with E-state index in [1.54, 1.807) is 21.9 Å². The fraction of sp³-hybridized carbons (Fsp3) is 0.200. The zero-order valence-electron chi connectivity index (χ0n) is 16.9. The molecule has 0 saturated heterocycles. The number of carbonyl (C=O) groups is 2. The number of anilines is 2. The third-order valence-corrected chi connectivity index (χ3v) is 5.20. The molecule has 0 aromatic heterocycles. The van der Waals surface area contributed by atoms with Gasteiger partial charge >= 0.3 is 0 Å². The molecule has 1 aliphatic rings. The first-order valence-electron chi connectivity index (χ1n) is 10.1. The van der Waals surface area contributed by atoms with Crippen LogP contribution in [0.2, 0.25) is 0 Å². The Labute approximate surface area is 176 Å². The van der Waals surface area contributed by atoms with Gasteiger partial charge in [0, 0.05) is 12.1 Å². The summed E-state index contributed by atoms with van der Waals surface area (Å²) in [5.74, 6) is 0.316. The van der Waals surface area contributed by atoms with E-state index in [0.717, 1.165) is 17.1 Å². The highest BCUT2D eigenvalue weighted by Crippen LogP contribution is 2.35. The molecule has 5 heteroatoms. The lowest BCUT2D eigenvalue weighted by Crippen LogP contribution is -2.39. The number of fused-ring (bicyclic) bond motifs is 1. The molecule has 0 bridgehead atoms. The highest BCUT2D eigenvalue weighted by Gasteiger charge is 2.33. The van der Waals surface area contributed by atoms with Gasteiger partial charge in [-0.3, -0.25) is 9.59 Å².